The molecule has 0 bridgehead atoms. The summed E-state index contributed by atoms with van der Waals surface area (Å²) in [5.74, 6) is -0.0191. The SMILES string of the molecule is CC[C@@H](CC#N)NC(=O)c1cccc2cc(O)ccc12. The Bertz CT molecular complexity index is 674. The van der Waals surface area contributed by atoms with Gasteiger partial charge in [0, 0.05) is 11.6 Å². The first kappa shape index (κ1) is 13.9. The molecule has 0 aliphatic heterocycles. The van der Waals surface area contributed by atoms with Gasteiger partial charge in [0.1, 0.15) is 5.75 Å². The van der Waals surface area contributed by atoms with Gasteiger partial charge in [0.25, 0.3) is 5.91 Å². The van der Waals surface area contributed by atoms with E-state index in [-0.39, 0.29) is 17.7 Å². The molecule has 0 aliphatic rings. The van der Waals surface area contributed by atoms with Crippen molar-refractivity contribution in [3.05, 3.63) is 42.0 Å². The quantitative estimate of drug-likeness (QED) is 0.895. The normalized spacial score (nSPS) is 11.8. The van der Waals surface area contributed by atoms with Crippen LogP contribution in [0.1, 0.15) is 30.1 Å². The molecule has 0 aliphatic carbocycles. The van der Waals surface area contributed by atoms with E-state index in [1.165, 1.54) is 0 Å². The first-order valence-corrected chi connectivity index (χ1v) is 6.55. The van der Waals surface area contributed by atoms with Gasteiger partial charge in [-0.1, -0.05) is 19.1 Å². The van der Waals surface area contributed by atoms with E-state index in [4.69, 9.17) is 5.26 Å². The van der Waals surface area contributed by atoms with Crippen molar-refractivity contribution in [2.75, 3.05) is 0 Å². The number of hydrogen-bond donors (Lipinski definition) is 2. The zero-order chi connectivity index (χ0) is 14.5. The van der Waals surface area contributed by atoms with Crippen LogP contribution in [0, 0.1) is 11.3 Å². The van der Waals surface area contributed by atoms with E-state index in [0.29, 0.717) is 18.4 Å². The van der Waals surface area contributed by atoms with Gasteiger partial charge in [-0.05, 0) is 41.5 Å². The van der Waals surface area contributed by atoms with E-state index in [1.807, 2.05) is 13.0 Å². The number of phenolic OH excluding ortho intramolecular Hbond substituents is 1. The van der Waals surface area contributed by atoms with Crippen LogP contribution in [0.4, 0.5) is 0 Å². The van der Waals surface area contributed by atoms with Crippen molar-refractivity contribution >= 4 is 16.7 Å². The summed E-state index contributed by atoms with van der Waals surface area (Å²) in [6, 6.07) is 12.2. The van der Waals surface area contributed by atoms with Crippen LogP contribution >= 0.6 is 0 Å². The van der Waals surface area contributed by atoms with Crippen molar-refractivity contribution in [1.82, 2.24) is 5.32 Å². The highest BCUT2D eigenvalue weighted by molar-refractivity contribution is 6.07. The monoisotopic (exact) mass is 268 g/mol. The fourth-order valence-corrected chi connectivity index (χ4v) is 2.14. The van der Waals surface area contributed by atoms with Crippen LogP contribution < -0.4 is 5.32 Å². The summed E-state index contributed by atoms with van der Waals surface area (Å²) in [6.45, 7) is 1.93. The number of hydrogen-bond acceptors (Lipinski definition) is 3. The summed E-state index contributed by atoms with van der Waals surface area (Å²) in [4.78, 5) is 12.3. The van der Waals surface area contributed by atoms with Crippen LogP contribution in [0.3, 0.4) is 0 Å². The fourth-order valence-electron chi connectivity index (χ4n) is 2.14. The summed E-state index contributed by atoms with van der Waals surface area (Å²) in [5, 5.41) is 22.7. The van der Waals surface area contributed by atoms with Gasteiger partial charge in [-0.2, -0.15) is 5.26 Å². The van der Waals surface area contributed by atoms with Crippen LogP contribution in [0.15, 0.2) is 36.4 Å². The Labute approximate surface area is 117 Å². The molecule has 2 rings (SSSR count). The van der Waals surface area contributed by atoms with Gasteiger partial charge >= 0.3 is 0 Å². The molecule has 0 aromatic heterocycles. The first-order valence-electron chi connectivity index (χ1n) is 6.55. The number of nitrogens with one attached hydrogen (secondary N) is 1. The number of aromatic hydroxyl groups is 1. The lowest BCUT2D eigenvalue weighted by Crippen LogP contribution is -2.34. The van der Waals surface area contributed by atoms with Crippen LogP contribution in [-0.4, -0.2) is 17.1 Å². The molecule has 2 aromatic carbocycles. The predicted molar refractivity (Wildman–Crippen MR) is 77.4 cm³/mol. The molecule has 0 heterocycles. The predicted octanol–water partition coefficient (Wildman–Crippen LogP) is 2.97. The summed E-state index contributed by atoms with van der Waals surface area (Å²) < 4.78 is 0. The average Bonchev–Trinajstić information content (AvgIpc) is 2.45. The molecule has 4 heteroatoms. The van der Waals surface area contributed by atoms with E-state index in [0.717, 1.165) is 10.8 Å². The lowest BCUT2D eigenvalue weighted by atomic mass is 10.0. The number of carbonyl (C=O) groups is 1. The Hall–Kier alpha value is -2.54. The van der Waals surface area contributed by atoms with Gasteiger partial charge in [0.15, 0.2) is 0 Å². The molecule has 0 fully saturated rings. The van der Waals surface area contributed by atoms with E-state index in [1.54, 1.807) is 30.3 Å². The number of amides is 1. The average molecular weight is 268 g/mol. The molecule has 2 aromatic rings. The molecule has 1 amide bonds. The highest BCUT2D eigenvalue weighted by Gasteiger charge is 2.14. The van der Waals surface area contributed by atoms with Crippen molar-refractivity contribution in [2.24, 2.45) is 0 Å². The molecule has 0 spiro atoms. The molecule has 0 saturated carbocycles. The third kappa shape index (κ3) is 2.89. The highest BCUT2D eigenvalue weighted by atomic mass is 16.3. The van der Waals surface area contributed by atoms with Gasteiger partial charge in [-0.25, -0.2) is 0 Å². The zero-order valence-corrected chi connectivity index (χ0v) is 11.3. The van der Waals surface area contributed by atoms with Crippen LogP contribution in [0.25, 0.3) is 10.8 Å². The molecule has 102 valence electrons. The summed E-state index contributed by atoms with van der Waals surface area (Å²) in [7, 11) is 0. The van der Waals surface area contributed by atoms with Crippen LogP contribution in [-0.2, 0) is 0 Å². The van der Waals surface area contributed by atoms with E-state index in [2.05, 4.69) is 11.4 Å². The Balaban J connectivity index is 2.33. The molecule has 0 saturated heterocycles. The summed E-state index contributed by atoms with van der Waals surface area (Å²) >= 11 is 0. The molecule has 2 N–H and O–H groups in total. The van der Waals surface area contributed by atoms with E-state index in [9.17, 15) is 9.90 Å². The molecule has 4 nitrogen and oxygen atoms in total. The number of benzene rings is 2. The topological polar surface area (TPSA) is 73.1 Å². The lowest BCUT2D eigenvalue weighted by molar-refractivity contribution is 0.0938. The maximum Gasteiger partial charge on any atom is 0.252 e. The van der Waals surface area contributed by atoms with Gasteiger partial charge in [-0.3, -0.25) is 4.79 Å². The Kier molecular flexibility index (Phi) is 4.21. The minimum atomic E-state index is -0.191. The molecule has 0 radical (unpaired) electrons. The van der Waals surface area contributed by atoms with Gasteiger partial charge in [0.05, 0.1) is 12.5 Å². The smallest absolute Gasteiger partial charge is 0.252 e. The van der Waals surface area contributed by atoms with Gasteiger partial charge < -0.3 is 10.4 Å². The molecular weight excluding hydrogens is 252 g/mol. The Morgan fingerprint density at radius 3 is 2.90 bits per heavy atom. The second-order valence-electron chi connectivity index (χ2n) is 4.65. The van der Waals surface area contributed by atoms with Crippen molar-refractivity contribution in [1.29, 1.82) is 5.26 Å². The van der Waals surface area contributed by atoms with Crippen LogP contribution in [0.2, 0.25) is 0 Å². The third-order valence-electron chi connectivity index (χ3n) is 3.27. The number of fused-ring (bicyclic) bond motifs is 1. The number of carbonyl (C=O) groups excluding carboxylic acids is 1. The second-order valence-corrected chi connectivity index (χ2v) is 4.65. The fraction of sp³-hybridized carbons (Fsp3) is 0.250. The summed E-state index contributed by atoms with van der Waals surface area (Å²) in [5.41, 5.74) is 0.555. The maximum atomic E-state index is 12.3. The van der Waals surface area contributed by atoms with Gasteiger partial charge in [0.2, 0.25) is 0 Å². The van der Waals surface area contributed by atoms with Crippen molar-refractivity contribution in [2.45, 2.75) is 25.8 Å². The van der Waals surface area contributed by atoms with E-state index >= 15 is 0 Å². The van der Waals surface area contributed by atoms with Crippen molar-refractivity contribution < 1.29 is 9.90 Å². The van der Waals surface area contributed by atoms with Crippen molar-refractivity contribution in [3.8, 4) is 11.8 Å². The Morgan fingerprint density at radius 1 is 1.40 bits per heavy atom. The molecule has 1 atom stereocenters. The zero-order valence-electron chi connectivity index (χ0n) is 11.3. The first-order chi connectivity index (χ1) is 9.65. The standard InChI is InChI=1S/C16H16N2O2/c1-2-12(8-9-17)18-16(20)15-5-3-4-11-10-13(19)6-7-14(11)15/h3-7,10,12,19H,2,8H2,1H3,(H,18,20)/t12-/m0/s1. The largest absolute Gasteiger partial charge is 0.508 e. The highest BCUT2D eigenvalue weighted by Crippen LogP contribution is 2.23. The van der Waals surface area contributed by atoms with Crippen molar-refractivity contribution in [3.63, 3.8) is 0 Å². The minimum absolute atomic E-state index is 0.139. The minimum Gasteiger partial charge on any atom is -0.508 e. The maximum absolute atomic E-state index is 12.3. The third-order valence-corrected chi connectivity index (χ3v) is 3.27. The molecule has 20 heavy (non-hydrogen) atoms. The molecule has 0 unspecified atom stereocenters. The molecular formula is C16H16N2O2. The number of rotatable bonds is 4. The number of nitriles is 1. The van der Waals surface area contributed by atoms with Crippen LogP contribution in [0.5, 0.6) is 5.75 Å². The Morgan fingerprint density at radius 2 is 2.20 bits per heavy atom. The number of nitrogens with zero attached hydrogens (tertiary/aromatic N) is 1. The lowest BCUT2D eigenvalue weighted by Gasteiger charge is -2.14. The van der Waals surface area contributed by atoms with E-state index < -0.39 is 0 Å². The summed E-state index contributed by atoms with van der Waals surface area (Å²) in [6.07, 6.45) is 1.01. The number of phenols is 1. The van der Waals surface area contributed by atoms with Gasteiger partial charge in [-0.15, -0.1) is 0 Å². The second kappa shape index (κ2) is 6.07.